The van der Waals surface area contributed by atoms with E-state index in [0.29, 0.717) is 6.54 Å². The van der Waals surface area contributed by atoms with Crippen LogP contribution in [0.1, 0.15) is 31.7 Å². The predicted octanol–water partition coefficient (Wildman–Crippen LogP) is 1.81. The first-order valence-electron chi connectivity index (χ1n) is 7.95. The molecule has 1 aromatic rings. The number of aliphatic hydroxyl groups is 1. The van der Waals surface area contributed by atoms with Gasteiger partial charge in [0.1, 0.15) is 0 Å². The number of hydrogen-bond acceptors (Lipinski definition) is 3. The average molecular weight is 288 g/mol. The largest absolute Gasteiger partial charge is 0.395 e. The number of carbonyl (C=O) groups is 1. The summed E-state index contributed by atoms with van der Waals surface area (Å²) in [5.74, 6) is 0.160. The van der Waals surface area contributed by atoms with Gasteiger partial charge in [0.15, 0.2) is 0 Å². The predicted molar refractivity (Wildman–Crippen MR) is 83.4 cm³/mol. The molecule has 0 saturated carbocycles. The van der Waals surface area contributed by atoms with E-state index >= 15 is 0 Å². The Morgan fingerprint density at radius 1 is 1.33 bits per heavy atom. The second-order valence-electron chi connectivity index (χ2n) is 6.25. The zero-order chi connectivity index (χ0) is 14.8. The molecule has 2 atom stereocenters. The van der Waals surface area contributed by atoms with Crippen LogP contribution in [0.2, 0.25) is 0 Å². The topological polar surface area (TPSA) is 43.8 Å². The maximum atomic E-state index is 12.8. The van der Waals surface area contributed by atoms with Gasteiger partial charge in [-0.2, -0.15) is 0 Å². The number of anilines is 1. The lowest BCUT2D eigenvalue weighted by Gasteiger charge is -2.35. The van der Waals surface area contributed by atoms with Crippen LogP contribution in [-0.4, -0.2) is 47.7 Å². The van der Waals surface area contributed by atoms with E-state index < -0.39 is 0 Å². The number of fused-ring (bicyclic) bond motifs is 1. The highest BCUT2D eigenvalue weighted by atomic mass is 16.3. The Labute approximate surface area is 126 Å². The van der Waals surface area contributed by atoms with Crippen LogP contribution in [0, 0.1) is 0 Å². The minimum Gasteiger partial charge on any atom is -0.395 e. The Morgan fingerprint density at radius 2 is 2.14 bits per heavy atom. The number of amides is 1. The van der Waals surface area contributed by atoms with Gasteiger partial charge in [-0.15, -0.1) is 0 Å². The molecule has 21 heavy (non-hydrogen) atoms. The summed E-state index contributed by atoms with van der Waals surface area (Å²) in [6.07, 6.45) is 4.20. The van der Waals surface area contributed by atoms with Gasteiger partial charge in [-0.3, -0.25) is 9.69 Å². The lowest BCUT2D eigenvalue weighted by molar-refractivity contribution is -0.121. The van der Waals surface area contributed by atoms with Gasteiger partial charge in [0.05, 0.1) is 13.2 Å². The molecule has 3 rings (SSSR count). The summed E-state index contributed by atoms with van der Waals surface area (Å²) >= 11 is 0. The van der Waals surface area contributed by atoms with E-state index in [1.807, 2.05) is 23.1 Å². The third kappa shape index (κ3) is 2.83. The number of aliphatic hydroxyl groups excluding tert-OH is 1. The molecule has 0 aliphatic carbocycles. The number of piperidine rings is 1. The summed E-state index contributed by atoms with van der Waals surface area (Å²) in [7, 11) is 0. The highest BCUT2D eigenvalue weighted by Gasteiger charge is 2.32. The Balaban J connectivity index is 1.73. The Morgan fingerprint density at radius 3 is 2.95 bits per heavy atom. The fourth-order valence-corrected chi connectivity index (χ4v) is 3.67. The molecule has 1 saturated heterocycles. The fourth-order valence-electron chi connectivity index (χ4n) is 3.67. The number of likely N-dealkylation sites (tertiary alicyclic amines) is 1. The smallest absolute Gasteiger partial charge is 0.241 e. The first-order valence-corrected chi connectivity index (χ1v) is 7.95. The third-order valence-corrected chi connectivity index (χ3v) is 4.77. The van der Waals surface area contributed by atoms with E-state index in [0.717, 1.165) is 37.9 Å². The first kappa shape index (κ1) is 14.5. The van der Waals surface area contributed by atoms with Crippen molar-refractivity contribution in [1.29, 1.82) is 0 Å². The van der Waals surface area contributed by atoms with Crippen LogP contribution >= 0.6 is 0 Å². The maximum absolute atomic E-state index is 12.8. The molecular weight excluding hydrogens is 264 g/mol. The standard InChI is InChI=1S/C17H24N2O2/c1-13-10-14-6-2-3-8-16(14)19(13)17(21)11-18-9-5-4-7-15(18)12-20/h2-3,6,8,13,15,20H,4-5,7,9-12H2,1H3. The van der Waals surface area contributed by atoms with Gasteiger partial charge in [-0.05, 0) is 44.4 Å². The highest BCUT2D eigenvalue weighted by Crippen LogP contribution is 2.32. The number of benzene rings is 1. The minimum absolute atomic E-state index is 0.149. The highest BCUT2D eigenvalue weighted by molar-refractivity contribution is 5.97. The molecule has 0 bridgehead atoms. The lowest BCUT2D eigenvalue weighted by atomic mass is 10.0. The van der Waals surface area contributed by atoms with Crippen LogP contribution in [0.3, 0.4) is 0 Å². The molecule has 4 heteroatoms. The second-order valence-corrected chi connectivity index (χ2v) is 6.25. The van der Waals surface area contributed by atoms with Crippen molar-refractivity contribution in [3.63, 3.8) is 0 Å². The van der Waals surface area contributed by atoms with Crippen LogP contribution < -0.4 is 4.90 Å². The van der Waals surface area contributed by atoms with Gasteiger partial charge < -0.3 is 10.0 Å². The fraction of sp³-hybridized carbons (Fsp3) is 0.588. The molecule has 0 aromatic heterocycles. The van der Waals surface area contributed by atoms with E-state index in [4.69, 9.17) is 0 Å². The van der Waals surface area contributed by atoms with Crippen LogP contribution in [-0.2, 0) is 11.2 Å². The van der Waals surface area contributed by atoms with Gasteiger partial charge in [-0.1, -0.05) is 24.6 Å². The van der Waals surface area contributed by atoms with Crippen LogP contribution in [0.5, 0.6) is 0 Å². The van der Waals surface area contributed by atoms with E-state index in [2.05, 4.69) is 17.9 Å². The molecule has 114 valence electrons. The van der Waals surface area contributed by atoms with Crippen LogP contribution in [0.15, 0.2) is 24.3 Å². The monoisotopic (exact) mass is 288 g/mol. The first-order chi connectivity index (χ1) is 10.2. The van der Waals surface area contributed by atoms with Gasteiger partial charge in [0.2, 0.25) is 5.91 Å². The van der Waals surface area contributed by atoms with Crippen molar-refractivity contribution >= 4 is 11.6 Å². The lowest BCUT2D eigenvalue weighted by Crippen LogP contribution is -2.49. The Kier molecular flexibility index (Phi) is 4.27. The van der Waals surface area contributed by atoms with Crippen LogP contribution in [0.25, 0.3) is 0 Å². The van der Waals surface area contributed by atoms with Gasteiger partial charge in [0.25, 0.3) is 0 Å². The van der Waals surface area contributed by atoms with Gasteiger partial charge in [0, 0.05) is 17.8 Å². The van der Waals surface area contributed by atoms with E-state index in [9.17, 15) is 9.90 Å². The molecular formula is C17H24N2O2. The summed E-state index contributed by atoms with van der Waals surface area (Å²) in [5, 5.41) is 9.48. The molecule has 0 spiro atoms. The molecule has 2 aliphatic heterocycles. The summed E-state index contributed by atoms with van der Waals surface area (Å²) in [6.45, 7) is 3.60. The van der Waals surface area contributed by atoms with Crippen molar-refractivity contribution in [3.8, 4) is 0 Å². The summed E-state index contributed by atoms with van der Waals surface area (Å²) < 4.78 is 0. The minimum atomic E-state index is 0.149. The normalized spacial score (nSPS) is 25.9. The van der Waals surface area contributed by atoms with Gasteiger partial charge >= 0.3 is 0 Å². The number of nitrogens with zero attached hydrogens (tertiary/aromatic N) is 2. The van der Waals surface area contributed by atoms with E-state index in [1.165, 1.54) is 5.56 Å². The molecule has 0 radical (unpaired) electrons. The molecule has 1 amide bonds. The van der Waals surface area contributed by atoms with Gasteiger partial charge in [-0.25, -0.2) is 0 Å². The molecule has 1 N–H and O–H groups in total. The van der Waals surface area contributed by atoms with Crippen molar-refractivity contribution in [1.82, 2.24) is 4.90 Å². The quantitative estimate of drug-likeness (QED) is 0.922. The Bertz CT molecular complexity index is 517. The van der Waals surface area contributed by atoms with Crippen LogP contribution in [0.4, 0.5) is 5.69 Å². The third-order valence-electron chi connectivity index (χ3n) is 4.77. The summed E-state index contributed by atoms with van der Waals surface area (Å²) in [4.78, 5) is 16.8. The number of hydrogen-bond donors (Lipinski definition) is 1. The van der Waals surface area contributed by atoms with E-state index in [-0.39, 0.29) is 24.6 Å². The van der Waals surface area contributed by atoms with Crippen molar-refractivity contribution in [2.24, 2.45) is 0 Å². The summed E-state index contributed by atoms with van der Waals surface area (Å²) in [6, 6.07) is 8.55. The molecule has 4 nitrogen and oxygen atoms in total. The molecule has 1 aromatic carbocycles. The number of rotatable bonds is 3. The number of carbonyl (C=O) groups excluding carboxylic acids is 1. The zero-order valence-electron chi connectivity index (χ0n) is 12.7. The molecule has 2 heterocycles. The molecule has 2 aliphatic rings. The molecule has 1 fully saturated rings. The Hall–Kier alpha value is -1.39. The zero-order valence-corrected chi connectivity index (χ0v) is 12.7. The van der Waals surface area contributed by atoms with Crippen molar-refractivity contribution in [3.05, 3.63) is 29.8 Å². The second kappa shape index (κ2) is 6.16. The van der Waals surface area contributed by atoms with Crippen molar-refractivity contribution in [2.75, 3.05) is 24.6 Å². The van der Waals surface area contributed by atoms with Crippen molar-refractivity contribution in [2.45, 2.75) is 44.7 Å². The van der Waals surface area contributed by atoms with E-state index in [1.54, 1.807) is 0 Å². The summed E-state index contributed by atoms with van der Waals surface area (Å²) in [5.41, 5.74) is 2.32. The molecule has 2 unspecified atom stereocenters. The average Bonchev–Trinajstić information content (AvgIpc) is 2.83. The maximum Gasteiger partial charge on any atom is 0.241 e. The SMILES string of the molecule is CC1Cc2ccccc2N1C(=O)CN1CCCCC1CO. The number of para-hydroxylation sites is 1. The van der Waals surface area contributed by atoms with Crippen molar-refractivity contribution < 1.29 is 9.90 Å².